The van der Waals surface area contributed by atoms with Crippen LogP contribution in [0.15, 0.2) is 42.5 Å². The lowest BCUT2D eigenvalue weighted by Crippen LogP contribution is -2.38. The molecule has 1 atom stereocenters. The van der Waals surface area contributed by atoms with Crippen molar-refractivity contribution in [1.29, 1.82) is 0 Å². The monoisotopic (exact) mass is 280 g/mol. The van der Waals surface area contributed by atoms with Crippen LogP contribution in [0.3, 0.4) is 0 Å². The van der Waals surface area contributed by atoms with Gasteiger partial charge in [0.1, 0.15) is 0 Å². The van der Waals surface area contributed by atoms with Crippen molar-refractivity contribution in [2.24, 2.45) is 5.73 Å². The van der Waals surface area contributed by atoms with Crippen LogP contribution >= 0.6 is 0 Å². The van der Waals surface area contributed by atoms with E-state index in [4.69, 9.17) is 5.73 Å². The molecule has 3 rings (SSSR count). The largest absolute Gasteiger partial charge is 0.329 e. The minimum atomic E-state index is 0.319. The number of nitrogens with zero attached hydrogens (tertiary/aromatic N) is 1. The molecule has 0 saturated heterocycles. The quantitative estimate of drug-likeness (QED) is 0.934. The Labute approximate surface area is 127 Å². The molecule has 0 fully saturated rings. The summed E-state index contributed by atoms with van der Waals surface area (Å²) >= 11 is 0. The number of hydrogen-bond acceptors (Lipinski definition) is 2. The van der Waals surface area contributed by atoms with E-state index in [0.717, 1.165) is 19.5 Å². The molecule has 0 spiro atoms. The van der Waals surface area contributed by atoms with Crippen molar-refractivity contribution >= 4 is 0 Å². The predicted octanol–water partition coefficient (Wildman–Crippen LogP) is 3.36. The number of nitrogens with two attached hydrogens (primary N) is 1. The second-order valence-electron chi connectivity index (χ2n) is 6.05. The van der Waals surface area contributed by atoms with Crippen LogP contribution in [0, 0.1) is 13.8 Å². The summed E-state index contributed by atoms with van der Waals surface area (Å²) in [5, 5.41) is 0. The molecule has 0 aromatic heterocycles. The van der Waals surface area contributed by atoms with Gasteiger partial charge in [-0.3, -0.25) is 4.90 Å². The summed E-state index contributed by atoms with van der Waals surface area (Å²) in [6.45, 7) is 7.16. The van der Waals surface area contributed by atoms with E-state index in [-0.39, 0.29) is 0 Å². The Bertz CT molecular complexity index is 613. The van der Waals surface area contributed by atoms with Gasteiger partial charge in [-0.15, -0.1) is 0 Å². The lowest BCUT2D eigenvalue weighted by atomic mass is 9.92. The first kappa shape index (κ1) is 14.3. The van der Waals surface area contributed by atoms with Crippen LogP contribution < -0.4 is 5.73 Å². The van der Waals surface area contributed by atoms with Gasteiger partial charge in [0, 0.05) is 25.7 Å². The van der Waals surface area contributed by atoms with Gasteiger partial charge in [0.05, 0.1) is 0 Å². The predicted molar refractivity (Wildman–Crippen MR) is 88.3 cm³/mol. The molecule has 2 N–H and O–H groups in total. The Balaban J connectivity index is 1.92. The van der Waals surface area contributed by atoms with Crippen molar-refractivity contribution in [3.8, 4) is 0 Å². The molecule has 0 aliphatic carbocycles. The van der Waals surface area contributed by atoms with Gasteiger partial charge in [0.2, 0.25) is 0 Å². The summed E-state index contributed by atoms with van der Waals surface area (Å²) in [5.74, 6) is 0. The molecule has 0 amide bonds. The molecular formula is C19H24N2. The third-order valence-corrected chi connectivity index (χ3v) is 4.70. The standard InChI is InChI=1S/C19H24N2/c1-14-6-5-7-15(2)19(14)18(12-20)21-11-10-16-8-3-4-9-17(16)13-21/h3-9,18H,10-13,20H2,1-2H3. The molecule has 1 aliphatic rings. The summed E-state index contributed by atoms with van der Waals surface area (Å²) < 4.78 is 0. The van der Waals surface area contributed by atoms with Gasteiger partial charge in [-0.05, 0) is 48.1 Å². The van der Waals surface area contributed by atoms with Gasteiger partial charge < -0.3 is 5.73 Å². The Morgan fingerprint density at radius 1 is 1.00 bits per heavy atom. The van der Waals surface area contributed by atoms with E-state index < -0.39 is 0 Å². The number of hydrogen-bond donors (Lipinski definition) is 1. The fraction of sp³-hybridized carbons (Fsp3) is 0.368. The fourth-order valence-corrected chi connectivity index (χ4v) is 3.59. The smallest absolute Gasteiger partial charge is 0.0479 e. The topological polar surface area (TPSA) is 29.3 Å². The van der Waals surface area contributed by atoms with E-state index in [1.165, 1.54) is 27.8 Å². The fourth-order valence-electron chi connectivity index (χ4n) is 3.59. The van der Waals surface area contributed by atoms with Gasteiger partial charge in [-0.25, -0.2) is 0 Å². The first-order chi connectivity index (χ1) is 10.2. The number of aryl methyl sites for hydroxylation is 2. The van der Waals surface area contributed by atoms with Gasteiger partial charge in [0.25, 0.3) is 0 Å². The zero-order valence-corrected chi connectivity index (χ0v) is 13.0. The third-order valence-electron chi connectivity index (χ3n) is 4.70. The Hall–Kier alpha value is -1.64. The SMILES string of the molecule is Cc1cccc(C)c1C(CN)N1CCc2ccccc2C1. The maximum absolute atomic E-state index is 6.15. The van der Waals surface area contributed by atoms with Crippen molar-refractivity contribution in [1.82, 2.24) is 4.90 Å². The van der Waals surface area contributed by atoms with E-state index in [1.807, 2.05) is 0 Å². The average Bonchev–Trinajstić information content (AvgIpc) is 2.50. The van der Waals surface area contributed by atoms with E-state index in [2.05, 4.69) is 61.2 Å². The van der Waals surface area contributed by atoms with Gasteiger partial charge in [0.15, 0.2) is 0 Å². The van der Waals surface area contributed by atoms with Crippen LogP contribution in [-0.2, 0) is 13.0 Å². The van der Waals surface area contributed by atoms with Gasteiger partial charge in [-0.2, -0.15) is 0 Å². The van der Waals surface area contributed by atoms with Gasteiger partial charge in [-0.1, -0.05) is 42.5 Å². The molecule has 21 heavy (non-hydrogen) atoms. The highest BCUT2D eigenvalue weighted by atomic mass is 15.2. The van der Waals surface area contributed by atoms with Gasteiger partial charge >= 0.3 is 0 Å². The summed E-state index contributed by atoms with van der Waals surface area (Å²) in [5.41, 5.74) is 13.2. The lowest BCUT2D eigenvalue weighted by Gasteiger charge is -2.36. The Morgan fingerprint density at radius 3 is 2.33 bits per heavy atom. The second kappa shape index (κ2) is 6.00. The third kappa shape index (κ3) is 2.74. The average molecular weight is 280 g/mol. The molecular weight excluding hydrogens is 256 g/mol. The molecule has 1 heterocycles. The van der Waals surface area contributed by atoms with Crippen molar-refractivity contribution in [2.45, 2.75) is 32.9 Å². The molecule has 1 unspecified atom stereocenters. The Kier molecular flexibility index (Phi) is 4.09. The minimum Gasteiger partial charge on any atom is -0.329 e. The highest BCUT2D eigenvalue weighted by Gasteiger charge is 2.25. The minimum absolute atomic E-state index is 0.319. The molecule has 0 bridgehead atoms. The van der Waals surface area contributed by atoms with Crippen LogP contribution in [0.1, 0.15) is 33.9 Å². The van der Waals surface area contributed by atoms with E-state index >= 15 is 0 Å². The lowest BCUT2D eigenvalue weighted by molar-refractivity contribution is 0.182. The molecule has 2 nitrogen and oxygen atoms in total. The molecule has 1 aliphatic heterocycles. The van der Waals surface area contributed by atoms with Crippen molar-refractivity contribution in [3.05, 3.63) is 70.3 Å². The summed E-state index contributed by atoms with van der Waals surface area (Å²) in [4.78, 5) is 2.54. The first-order valence-corrected chi connectivity index (χ1v) is 7.77. The van der Waals surface area contributed by atoms with Crippen LogP contribution in [0.2, 0.25) is 0 Å². The molecule has 2 aromatic carbocycles. The molecule has 0 saturated carbocycles. The number of fused-ring (bicyclic) bond motifs is 1. The van der Waals surface area contributed by atoms with Crippen molar-refractivity contribution in [3.63, 3.8) is 0 Å². The van der Waals surface area contributed by atoms with E-state index in [9.17, 15) is 0 Å². The van der Waals surface area contributed by atoms with E-state index in [1.54, 1.807) is 0 Å². The maximum atomic E-state index is 6.15. The molecule has 2 heteroatoms. The van der Waals surface area contributed by atoms with Crippen LogP contribution in [-0.4, -0.2) is 18.0 Å². The number of rotatable bonds is 3. The zero-order chi connectivity index (χ0) is 14.8. The zero-order valence-electron chi connectivity index (χ0n) is 13.0. The molecule has 110 valence electrons. The first-order valence-electron chi connectivity index (χ1n) is 7.77. The van der Waals surface area contributed by atoms with Crippen molar-refractivity contribution < 1.29 is 0 Å². The summed E-state index contributed by atoms with van der Waals surface area (Å²) in [7, 11) is 0. The summed E-state index contributed by atoms with van der Waals surface area (Å²) in [6.07, 6.45) is 1.12. The maximum Gasteiger partial charge on any atom is 0.0479 e. The highest BCUT2D eigenvalue weighted by Crippen LogP contribution is 2.30. The normalized spacial score (nSPS) is 16.5. The second-order valence-corrected chi connectivity index (χ2v) is 6.05. The molecule has 0 radical (unpaired) electrons. The van der Waals surface area contributed by atoms with Crippen LogP contribution in [0.5, 0.6) is 0 Å². The summed E-state index contributed by atoms with van der Waals surface area (Å²) in [6, 6.07) is 15.6. The Morgan fingerprint density at radius 2 is 1.67 bits per heavy atom. The van der Waals surface area contributed by atoms with Crippen LogP contribution in [0.25, 0.3) is 0 Å². The highest BCUT2D eigenvalue weighted by molar-refractivity contribution is 5.37. The molecule has 2 aromatic rings. The van der Waals surface area contributed by atoms with Crippen LogP contribution in [0.4, 0.5) is 0 Å². The van der Waals surface area contributed by atoms with Crippen molar-refractivity contribution in [2.75, 3.05) is 13.1 Å². The number of benzene rings is 2. The van der Waals surface area contributed by atoms with E-state index in [0.29, 0.717) is 12.6 Å².